The number of hydrogen-bond donors (Lipinski definition) is 1. The van der Waals surface area contributed by atoms with Gasteiger partial charge in [-0.25, -0.2) is 13.2 Å². The molecule has 0 spiro atoms. The van der Waals surface area contributed by atoms with Crippen molar-refractivity contribution in [3.63, 3.8) is 0 Å². The van der Waals surface area contributed by atoms with Crippen LogP contribution in [0.25, 0.3) is 0 Å². The van der Waals surface area contributed by atoms with Gasteiger partial charge in [-0.2, -0.15) is 13.9 Å². The molecule has 0 saturated heterocycles. The molecule has 0 aliphatic carbocycles. The molecular weight excluding hydrogens is 401 g/mol. The summed E-state index contributed by atoms with van der Waals surface area (Å²) in [4.78, 5) is 12.2. The highest BCUT2D eigenvalue weighted by Gasteiger charge is 2.27. The number of carbonyl (C=O) groups is 1. The predicted octanol–water partition coefficient (Wildman–Crippen LogP) is 4.33. The second kappa shape index (κ2) is 7.94. The van der Waals surface area contributed by atoms with Gasteiger partial charge in [0.05, 0.1) is 17.6 Å². The third-order valence-electron chi connectivity index (χ3n) is 4.06. The number of aryl methyl sites for hydroxylation is 1. The van der Waals surface area contributed by atoms with Gasteiger partial charge in [-0.3, -0.25) is 9.48 Å². The Kier molecular flexibility index (Phi) is 5.57. The smallest absolute Gasteiger partial charge is 0.291 e. The lowest BCUT2D eigenvalue weighted by Gasteiger charge is -2.09. The number of carbonyl (C=O) groups excluding carboxylic acids is 1. The van der Waals surface area contributed by atoms with Crippen LogP contribution in [-0.2, 0) is 13.2 Å². The zero-order valence-corrected chi connectivity index (χ0v) is 15.2. The van der Waals surface area contributed by atoms with E-state index < -0.39 is 47.3 Å². The summed E-state index contributed by atoms with van der Waals surface area (Å²) in [5.41, 5.74) is 1.19. The molecule has 3 rings (SSSR count). The summed E-state index contributed by atoms with van der Waals surface area (Å²) in [5, 5.41) is 6.67. The molecule has 3 aromatic rings. The van der Waals surface area contributed by atoms with Crippen LogP contribution in [0.3, 0.4) is 0 Å². The summed E-state index contributed by atoms with van der Waals surface area (Å²) >= 11 is 0. The van der Waals surface area contributed by atoms with Crippen molar-refractivity contribution in [1.29, 1.82) is 0 Å². The predicted molar refractivity (Wildman–Crippen MR) is 89.9 cm³/mol. The number of ether oxygens (including phenoxy) is 1. The highest BCUT2D eigenvalue weighted by atomic mass is 19.2. The first-order valence-electron chi connectivity index (χ1n) is 8.31. The number of anilines is 1. The van der Waals surface area contributed by atoms with Crippen LogP contribution in [0.5, 0.6) is 5.75 Å². The van der Waals surface area contributed by atoms with Gasteiger partial charge < -0.3 is 14.5 Å². The molecule has 2 heterocycles. The molecule has 2 aromatic heterocycles. The van der Waals surface area contributed by atoms with E-state index in [9.17, 15) is 26.7 Å². The van der Waals surface area contributed by atoms with Crippen molar-refractivity contribution in [3.8, 4) is 5.75 Å². The van der Waals surface area contributed by atoms with E-state index in [0.29, 0.717) is 12.2 Å². The molecule has 6 nitrogen and oxygen atoms in total. The molecule has 0 fully saturated rings. The van der Waals surface area contributed by atoms with Gasteiger partial charge in [0.15, 0.2) is 11.5 Å². The summed E-state index contributed by atoms with van der Waals surface area (Å²) in [7, 11) is 0. The second-order valence-corrected chi connectivity index (χ2v) is 5.87. The van der Waals surface area contributed by atoms with E-state index in [1.165, 1.54) is 18.3 Å². The van der Waals surface area contributed by atoms with Gasteiger partial charge in [0.1, 0.15) is 12.4 Å². The number of nitrogens with zero attached hydrogens (tertiary/aromatic N) is 2. The van der Waals surface area contributed by atoms with Crippen molar-refractivity contribution in [1.82, 2.24) is 9.78 Å². The zero-order valence-electron chi connectivity index (χ0n) is 15.2. The fraction of sp³-hybridized carbons (Fsp3) is 0.222. The minimum Gasteiger partial charge on any atom is -0.479 e. The number of furan rings is 1. The highest BCUT2D eigenvalue weighted by molar-refractivity contribution is 6.02. The largest absolute Gasteiger partial charge is 0.479 e. The monoisotopic (exact) mass is 415 g/mol. The Morgan fingerprint density at radius 2 is 1.72 bits per heavy atom. The van der Waals surface area contributed by atoms with Crippen LogP contribution in [0.2, 0.25) is 0 Å². The molecule has 0 bridgehead atoms. The van der Waals surface area contributed by atoms with E-state index in [1.54, 1.807) is 11.6 Å². The van der Waals surface area contributed by atoms with E-state index in [1.807, 2.05) is 6.92 Å². The standard InChI is InChI=1S/C18H14F5N3O3/c1-3-26-8(2)10(6-24-26)25-18(27)11-5-4-9(29-11)7-28-17-15(22)13(20)12(19)14(21)16(17)23/h4-6H,3,7H2,1-2H3,(H,25,27). The normalized spacial score (nSPS) is 11.0. The summed E-state index contributed by atoms with van der Waals surface area (Å²) < 4.78 is 78.2. The number of amides is 1. The number of rotatable bonds is 6. The molecular formula is C18H14F5N3O3. The summed E-state index contributed by atoms with van der Waals surface area (Å²) in [5.74, 6) is -13.0. The average molecular weight is 415 g/mol. The number of hydrogen-bond acceptors (Lipinski definition) is 4. The van der Waals surface area contributed by atoms with Crippen molar-refractivity contribution in [2.75, 3.05) is 5.32 Å². The van der Waals surface area contributed by atoms with E-state index in [0.717, 1.165) is 5.69 Å². The van der Waals surface area contributed by atoms with Crippen LogP contribution in [0.4, 0.5) is 27.6 Å². The Labute approximate surface area is 160 Å². The van der Waals surface area contributed by atoms with Gasteiger partial charge >= 0.3 is 0 Å². The van der Waals surface area contributed by atoms with E-state index in [-0.39, 0.29) is 11.5 Å². The molecule has 0 atom stereocenters. The molecule has 154 valence electrons. The Morgan fingerprint density at radius 3 is 2.31 bits per heavy atom. The first-order valence-corrected chi connectivity index (χ1v) is 8.31. The maximum Gasteiger partial charge on any atom is 0.291 e. The molecule has 0 radical (unpaired) electrons. The fourth-order valence-electron chi connectivity index (χ4n) is 2.50. The number of nitrogens with one attached hydrogen (secondary N) is 1. The Bertz CT molecular complexity index is 1050. The molecule has 29 heavy (non-hydrogen) atoms. The molecule has 0 saturated carbocycles. The zero-order chi connectivity index (χ0) is 21.3. The van der Waals surface area contributed by atoms with Gasteiger partial charge in [-0.15, -0.1) is 0 Å². The molecule has 0 aliphatic rings. The van der Waals surface area contributed by atoms with Gasteiger partial charge in [0.2, 0.25) is 29.1 Å². The topological polar surface area (TPSA) is 69.3 Å². The highest BCUT2D eigenvalue weighted by Crippen LogP contribution is 2.30. The Hall–Kier alpha value is -3.37. The minimum atomic E-state index is -2.29. The van der Waals surface area contributed by atoms with Gasteiger partial charge in [0, 0.05) is 6.54 Å². The second-order valence-electron chi connectivity index (χ2n) is 5.87. The van der Waals surface area contributed by atoms with E-state index in [4.69, 9.17) is 4.42 Å². The van der Waals surface area contributed by atoms with Crippen LogP contribution in [0.15, 0.2) is 22.7 Å². The number of benzene rings is 1. The molecule has 1 amide bonds. The number of aromatic nitrogens is 2. The van der Waals surface area contributed by atoms with Gasteiger partial charge in [0.25, 0.3) is 5.91 Å². The molecule has 1 aromatic carbocycles. The SMILES string of the molecule is CCn1ncc(NC(=O)c2ccc(COc3c(F)c(F)c(F)c(F)c3F)o2)c1C. The van der Waals surface area contributed by atoms with Crippen molar-refractivity contribution in [2.45, 2.75) is 27.0 Å². The summed E-state index contributed by atoms with van der Waals surface area (Å²) in [6.07, 6.45) is 1.47. The maximum atomic E-state index is 13.6. The third kappa shape index (κ3) is 3.80. The van der Waals surface area contributed by atoms with Crippen molar-refractivity contribution in [2.24, 2.45) is 0 Å². The van der Waals surface area contributed by atoms with Gasteiger partial charge in [-0.05, 0) is 26.0 Å². The van der Waals surface area contributed by atoms with E-state index >= 15 is 0 Å². The minimum absolute atomic E-state index is 0.0694. The lowest BCUT2D eigenvalue weighted by Crippen LogP contribution is -2.12. The Balaban J connectivity index is 1.71. The molecule has 0 aliphatic heterocycles. The van der Waals surface area contributed by atoms with Crippen LogP contribution in [0, 0.1) is 36.0 Å². The molecule has 1 N–H and O–H groups in total. The van der Waals surface area contributed by atoms with Crippen molar-refractivity contribution < 1.29 is 35.9 Å². The summed E-state index contributed by atoms with van der Waals surface area (Å²) in [6, 6.07) is 2.54. The third-order valence-corrected chi connectivity index (χ3v) is 4.06. The van der Waals surface area contributed by atoms with E-state index in [2.05, 4.69) is 15.2 Å². The van der Waals surface area contributed by atoms with Crippen LogP contribution in [-0.4, -0.2) is 15.7 Å². The first kappa shape index (κ1) is 20.4. The molecule has 0 unspecified atom stereocenters. The fourth-order valence-corrected chi connectivity index (χ4v) is 2.50. The lowest BCUT2D eigenvalue weighted by molar-refractivity contribution is 0.0992. The quantitative estimate of drug-likeness (QED) is 0.370. The number of halogens is 5. The van der Waals surface area contributed by atoms with Crippen molar-refractivity contribution >= 4 is 11.6 Å². The van der Waals surface area contributed by atoms with Crippen LogP contribution in [0.1, 0.15) is 28.9 Å². The van der Waals surface area contributed by atoms with Crippen LogP contribution < -0.4 is 10.1 Å². The van der Waals surface area contributed by atoms with Crippen molar-refractivity contribution in [3.05, 3.63) is 64.6 Å². The van der Waals surface area contributed by atoms with Gasteiger partial charge in [-0.1, -0.05) is 0 Å². The Morgan fingerprint density at radius 1 is 1.10 bits per heavy atom. The average Bonchev–Trinajstić information content (AvgIpc) is 3.32. The molecule has 11 heteroatoms. The van der Waals surface area contributed by atoms with Crippen LogP contribution >= 0.6 is 0 Å². The maximum absolute atomic E-state index is 13.6. The first-order chi connectivity index (χ1) is 13.7. The summed E-state index contributed by atoms with van der Waals surface area (Å²) in [6.45, 7) is 3.59. The lowest BCUT2D eigenvalue weighted by atomic mass is 10.2.